The van der Waals surface area contributed by atoms with E-state index in [1.54, 1.807) is 6.92 Å². The molecule has 0 bridgehead atoms. The SMILES string of the molecule is CC(CN=[N+]=[N-])(CN=[N+]=[N-])CO[C@H]1C[C@@H](O)[C@H](O)[C@@H](CO)O1. The molecule has 0 aliphatic carbocycles. The van der Waals surface area contributed by atoms with Gasteiger partial charge in [-0.2, -0.15) is 0 Å². The van der Waals surface area contributed by atoms with E-state index in [1.165, 1.54) is 0 Å². The largest absolute Gasteiger partial charge is 0.394 e. The van der Waals surface area contributed by atoms with Gasteiger partial charge in [0.1, 0.15) is 12.2 Å². The maximum atomic E-state index is 9.71. The van der Waals surface area contributed by atoms with Crippen LogP contribution in [0.25, 0.3) is 20.9 Å². The molecular weight excluding hydrogens is 296 g/mol. The van der Waals surface area contributed by atoms with E-state index in [0.29, 0.717) is 0 Å². The summed E-state index contributed by atoms with van der Waals surface area (Å²) < 4.78 is 10.9. The van der Waals surface area contributed by atoms with Gasteiger partial charge < -0.3 is 24.8 Å². The molecule has 1 rings (SSSR count). The summed E-state index contributed by atoms with van der Waals surface area (Å²) in [4.78, 5) is 5.34. The second kappa shape index (κ2) is 8.76. The van der Waals surface area contributed by atoms with Crippen LogP contribution in [0.4, 0.5) is 0 Å². The molecule has 3 N–H and O–H groups in total. The van der Waals surface area contributed by atoms with Crippen molar-refractivity contribution in [3.63, 3.8) is 0 Å². The first-order chi connectivity index (χ1) is 10.5. The van der Waals surface area contributed by atoms with Crippen molar-refractivity contribution >= 4 is 0 Å². The number of hydrogen-bond donors (Lipinski definition) is 3. The van der Waals surface area contributed by atoms with Crippen molar-refractivity contribution in [2.45, 2.75) is 37.9 Å². The van der Waals surface area contributed by atoms with Gasteiger partial charge in [0, 0.05) is 34.7 Å². The van der Waals surface area contributed by atoms with Crippen LogP contribution in [0.1, 0.15) is 13.3 Å². The highest BCUT2D eigenvalue weighted by molar-refractivity contribution is 4.84. The maximum absolute atomic E-state index is 9.71. The maximum Gasteiger partial charge on any atom is 0.160 e. The zero-order valence-electron chi connectivity index (χ0n) is 12.2. The summed E-state index contributed by atoms with van der Waals surface area (Å²) in [6.07, 6.45) is -3.98. The Balaban J connectivity index is 2.63. The fourth-order valence-electron chi connectivity index (χ4n) is 2.01. The van der Waals surface area contributed by atoms with Crippen molar-refractivity contribution in [1.82, 2.24) is 0 Å². The van der Waals surface area contributed by atoms with Crippen LogP contribution in [0.15, 0.2) is 10.2 Å². The Morgan fingerprint density at radius 3 is 2.36 bits per heavy atom. The van der Waals surface area contributed by atoms with Crippen LogP contribution in [-0.4, -0.2) is 66.2 Å². The van der Waals surface area contributed by atoms with Gasteiger partial charge in [-0.25, -0.2) is 0 Å². The van der Waals surface area contributed by atoms with Gasteiger partial charge >= 0.3 is 0 Å². The molecule has 124 valence electrons. The molecule has 11 heteroatoms. The van der Waals surface area contributed by atoms with Crippen LogP contribution in [0.3, 0.4) is 0 Å². The average Bonchev–Trinajstić information content (AvgIpc) is 2.52. The van der Waals surface area contributed by atoms with E-state index >= 15 is 0 Å². The van der Waals surface area contributed by atoms with E-state index in [-0.39, 0.29) is 26.1 Å². The van der Waals surface area contributed by atoms with Crippen LogP contribution in [-0.2, 0) is 9.47 Å². The highest BCUT2D eigenvalue weighted by Crippen LogP contribution is 2.25. The quantitative estimate of drug-likeness (QED) is 0.334. The van der Waals surface area contributed by atoms with Crippen LogP contribution in [0.5, 0.6) is 0 Å². The molecule has 0 aromatic carbocycles. The lowest BCUT2D eigenvalue weighted by Gasteiger charge is -2.37. The fourth-order valence-corrected chi connectivity index (χ4v) is 2.01. The van der Waals surface area contributed by atoms with Gasteiger partial charge in [-0.15, -0.1) is 0 Å². The van der Waals surface area contributed by atoms with E-state index in [4.69, 9.17) is 25.6 Å². The monoisotopic (exact) mass is 316 g/mol. The number of aliphatic hydroxyl groups is 3. The van der Waals surface area contributed by atoms with Gasteiger partial charge in [-0.05, 0) is 11.1 Å². The van der Waals surface area contributed by atoms with Crippen molar-refractivity contribution in [1.29, 1.82) is 0 Å². The van der Waals surface area contributed by atoms with E-state index < -0.39 is 36.6 Å². The topological polar surface area (TPSA) is 177 Å². The third-order valence-corrected chi connectivity index (χ3v) is 3.36. The molecule has 0 saturated carbocycles. The molecule has 0 amide bonds. The second-order valence-electron chi connectivity index (χ2n) is 5.48. The van der Waals surface area contributed by atoms with Crippen LogP contribution < -0.4 is 0 Å². The molecule has 1 aliphatic rings. The Kier molecular flexibility index (Phi) is 7.36. The first-order valence-electron chi connectivity index (χ1n) is 6.71. The molecule has 1 heterocycles. The minimum Gasteiger partial charge on any atom is -0.394 e. The standard InChI is InChI=1S/C11H20N6O5/c1-11(4-14-16-12,5-15-17-13)6-21-9-2-7(19)10(20)8(3-18)22-9/h7-10,18-20H,2-6H2,1H3/t7-,8-,9-,10+/m1/s1. The van der Waals surface area contributed by atoms with Gasteiger partial charge in [0.05, 0.1) is 19.3 Å². The lowest BCUT2D eigenvalue weighted by atomic mass is 9.92. The number of ether oxygens (including phenoxy) is 2. The summed E-state index contributed by atoms with van der Waals surface area (Å²) in [7, 11) is 0. The lowest BCUT2D eigenvalue weighted by Crippen LogP contribution is -2.51. The number of rotatable bonds is 8. The molecule has 22 heavy (non-hydrogen) atoms. The van der Waals surface area contributed by atoms with Crippen molar-refractivity contribution in [2.75, 3.05) is 26.3 Å². The minimum atomic E-state index is -1.18. The summed E-state index contributed by atoms with van der Waals surface area (Å²) >= 11 is 0. The summed E-state index contributed by atoms with van der Waals surface area (Å²) in [5, 5.41) is 35.3. The Morgan fingerprint density at radius 2 is 1.86 bits per heavy atom. The summed E-state index contributed by atoms with van der Waals surface area (Å²) in [6, 6.07) is 0. The third-order valence-electron chi connectivity index (χ3n) is 3.36. The highest BCUT2D eigenvalue weighted by Gasteiger charge is 2.37. The van der Waals surface area contributed by atoms with Gasteiger partial charge in [-0.3, -0.25) is 0 Å². The van der Waals surface area contributed by atoms with Crippen molar-refractivity contribution in [2.24, 2.45) is 15.6 Å². The number of hydrogen-bond acceptors (Lipinski definition) is 7. The van der Waals surface area contributed by atoms with E-state index in [2.05, 4.69) is 20.1 Å². The summed E-state index contributed by atoms with van der Waals surface area (Å²) in [6.45, 7) is 1.44. The molecule has 0 unspecified atom stereocenters. The number of aliphatic hydroxyl groups excluding tert-OH is 3. The zero-order valence-corrected chi connectivity index (χ0v) is 12.2. The molecule has 0 spiro atoms. The predicted molar refractivity (Wildman–Crippen MR) is 74.5 cm³/mol. The predicted octanol–water partition coefficient (Wildman–Crippen LogP) is 0.459. The molecule has 0 aromatic heterocycles. The molecule has 1 fully saturated rings. The van der Waals surface area contributed by atoms with Gasteiger partial charge in [0.25, 0.3) is 0 Å². The van der Waals surface area contributed by atoms with Crippen LogP contribution in [0.2, 0.25) is 0 Å². The summed E-state index contributed by atoms with van der Waals surface area (Å²) in [5.74, 6) is 0. The minimum absolute atomic E-state index is 0.0385. The first-order valence-corrected chi connectivity index (χ1v) is 6.71. The van der Waals surface area contributed by atoms with E-state index in [9.17, 15) is 10.2 Å². The fraction of sp³-hybridized carbons (Fsp3) is 1.00. The normalized spacial score (nSPS) is 30.7. The van der Waals surface area contributed by atoms with Gasteiger partial charge in [0.15, 0.2) is 6.29 Å². The van der Waals surface area contributed by atoms with Gasteiger partial charge in [-0.1, -0.05) is 17.2 Å². The Labute approximate surface area is 126 Å². The van der Waals surface area contributed by atoms with Crippen molar-refractivity contribution in [3.05, 3.63) is 20.9 Å². The van der Waals surface area contributed by atoms with E-state index in [0.717, 1.165) is 0 Å². The molecular formula is C11H20N6O5. The molecule has 1 aliphatic heterocycles. The molecule has 11 nitrogen and oxygen atoms in total. The van der Waals surface area contributed by atoms with Crippen molar-refractivity contribution in [3.8, 4) is 0 Å². The smallest absolute Gasteiger partial charge is 0.160 e. The third kappa shape index (κ3) is 5.32. The second-order valence-corrected chi connectivity index (χ2v) is 5.48. The lowest BCUT2D eigenvalue weighted by molar-refractivity contribution is -0.262. The average molecular weight is 316 g/mol. The van der Waals surface area contributed by atoms with E-state index in [1.807, 2.05) is 0 Å². The van der Waals surface area contributed by atoms with Crippen LogP contribution in [0, 0.1) is 5.41 Å². The Bertz CT molecular complexity index is 430. The molecule has 1 saturated heterocycles. The number of azide groups is 2. The van der Waals surface area contributed by atoms with Crippen molar-refractivity contribution < 1.29 is 24.8 Å². The highest BCUT2D eigenvalue weighted by atomic mass is 16.7. The zero-order chi connectivity index (χ0) is 16.6. The molecule has 0 radical (unpaired) electrons. The Hall–Kier alpha value is -1.58. The molecule has 0 aromatic rings. The first kappa shape index (κ1) is 18.5. The Morgan fingerprint density at radius 1 is 1.27 bits per heavy atom. The molecule has 4 atom stereocenters. The van der Waals surface area contributed by atoms with Gasteiger partial charge in [0.2, 0.25) is 0 Å². The number of nitrogens with zero attached hydrogens (tertiary/aromatic N) is 6. The summed E-state index contributed by atoms with van der Waals surface area (Å²) in [5.41, 5.74) is 16.1. The van der Waals surface area contributed by atoms with Crippen LogP contribution >= 0.6 is 0 Å².